The summed E-state index contributed by atoms with van der Waals surface area (Å²) in [6.07, 6.45) is 0.815. The third-order valence-electron chi connectivity index (χ3n) is 6.01. The highest BCUT2D eigenvalue weighted by Gasteiger charge is 2.47. The van der Waals surface area contributed by atoms with Crippen molar-refractivity contribution in [2.75, 3.05) is 19.1 Å². The van der Waals surface area contributed by atoms with Crippen molar-refractivity contribution in [1.82, 2.24) is 0 Å². The number of Topliss-reactive ketones (excluding diaryl/α,β-unsaturated/α-hetero) is 1. The predicted molar refractivity (Wildman–Crippen MR) is 133 cm³/mol. The van der Waals surface area contributed by atoms with Crippen LogP contribution in [-0.2, 0) is 16.0 Å². The number of aryl methyl sites for hydroxylation is 1. The van der Waals surface area contributed by atoms with Crippen molar-refractivity contribution in [3.63, 3.8) is 0 Å². The number of rotatable bonds is 6. The van der Waals surface area contributed by atoms with Gasteiger partial charge in [-0.1, -0.05) is 36.7 Å². The van der Waals surface area contributed by atoms with Crippen LogP contribution in [0.15, 0.2) is 66.2 Å². The molecule has 1 atom stereocenters. The molecule has 8 heteroatoms. The maximum Gasteiger partial charge on any atom is 0.300 e. The smallest absolute Gasteiger partial charge is 0.300 e. The second-order valence-corrected chi connectivity index (χ2v) is 8.38. The lowest BCUT2D eigenvalue weighted by Crippen LogP contribution is -2.29. The lowest BCUT2D eigenvalue weighted by molar-refractivity contribution is -0.132. The molecule has 180 valence electrons. The van der Waals surface area contributed by atoms with Crippen LogP contribution in [-0.4, -0.2) is 36.1 Å². The molecular formula is C27H24ClNO6. The maximum atomic E-state index is 13.3. The van der Waals surface area contributed by atoms with E-state index in [1.54, 1.807) is 30.3 Å². The van der Waals surface area contributed by atoms with Gasteiger partial charge in [-0.05, 0) is 60.0 Å². The predicted octanol–water partition coefficient (Wildman–Crippen LogP) is 5.25. The van der Waals surface area contributed by atoms with E-state index in [4.69, 9.17) is 21.1 Å². The summed E-state index contributed by atoms with van der Waals surface area (Å²) in [4.78, 5) is 27.9. The van der Waals surface area contributed by atoms with Gasteiger partial charge in [-0.15, -0.1) is 0 Å². The molecule has 1 aliphatic heterocycles. The second kappa shape index (κ2) is 9.72. The molecule has 1 saturated heterocycles. The Morgan fingerprint density at radius 1 is 0.971 bits per heavy atom. The summed E-state index contributed by atoms with van der Waals surface area (Å²) in [6, 6.07) is 15.4. The van der Waals surface area contributed by atoms with Crippen molar-refractivity contribution in [2.45, 2.75) is 19.4 Å². The summed E-state index contributed by atoms with van der Waals surface area (Å²) in [6.45, 7) is 2.02. The van der Waals surface area contributed by atoms with E-state index < -0.39 is 17.7 Å². The summed E-state index contributed by atoms with van der Waals surface area (Å²) in [5.74, 6) is -1.34. The fourth-order valence-corrected chi connectivity index (χ4v) is 4.33. The van der Waals surface area contributed by atoms with E-state index in [2.05, 4.69) is 0 Å². The Morgan fingerprint density at radius 2 is 1.66 bits per heavy atom. The van der Waals surface area contributed by atoms with Crippen LogP contribution in [0.1, 0.15) is 29.7 Å². The Labute approximate surface area is 207 Å². The molecule has 1 amide bonds. The Hall–Kier alpha value is -3.97. The van der Waals surface area contributed by atoms with Crippen LogP contribution in [0.5, 0.6) is 17.2 Å². The first-order chi connectivity index (χ1) is 16.8. The van der Waals surface area contributed by atoms with Gasteiger partial charge in [-0.2, -0.15) is 0 Å². The van der Waals surface area contributed by atoms with E-state index in [9.17, 15) is 19.8 Å². The summed E-state index contributed by atoms with van der Waals surface area (Å²) >= 11 is 6.17. The maximum absolute atomic E-state index is 13.3. The number of hydrogen-bond donors (Lipinski definition) is 2. The minimum Gasteiger partial charge on any atom is -0.507 e. The number of nitrogens with zero attached hydrogens (tertiary/aromatic N) is 1. The van der Waals surface area contributed by atoms with Gasteiger partial charge in [0, 0.05) is 11.3 Å². The van der Waals surface area contributed by atoms with E-state index in [0.29, 0.717) is 22.7 Å². The van der Waals surface area contributed by atoms with Crippen molar-refractivity contribution in [3.05, 3.63) is 87.9 Å². The third kappa shape index (κ3) is 4.31. The SMILES string of the molecule is CCc1ccc(N2C(=O)C(=O)/C(=C(\O)c3ccc(OC)c(OC)c3)C2c2ccc(O)c(Cl)c2)cc1. The largest absolute Gasteiger partial charge is 0.507 e. The Bertz CT molecular complexity index is 1330. The van der Waals surface area contributed by atoms with Crippen LogP contribution in [0.25, 0.3) is 5.76 Å². The average Bonchev–Trinajstić information content (AvgIpc) is 3.15. The number of aromatic hydroxyl groups is 1. The lowest BCUT2D eigenvalue weighted by atomic mass is 9.94. The fourth-order valence-electron chi connectivity index (χ4n) is 4.14. The summed E-state index contributed by atoms with van der Waals surface area (Å²) in [5.41, 5.74) is 2.18. The van der Waals surface area contributed by atoms with E-state index in [0.717, 1.165) is 12.0 Å². The first-order valence-electron chi connectivity index (χ1n) is 10.9. The van der Waals surface area contributed by atoms with E-state index >= 15 is 0 Å². The molecule has 0 aliphatic carbocycles. The number of phenolic OH excluding ortho intramolecular Hbond substituents is 1. The molecule has 0 bridgehead atoms. The van der Waals surface area contributed by atoms with Gasteiger partial charge in [0.2, 0.25) is 0 Å². The van der Waals surface area contributed by atoms with Crippen molar-refractivity contribution >= 4 is 34.7 Å². The van der Waals surface area contributed by atoms with Gasteiger partial charge in [0.15, 0.2) is 11.5 Å². The Kier molecular flexibility index (Phi) is 6.71. The third-order valence-corrected chi connectivity index (χ3v) is 6.31. The standard InChI is InChI=1S/C27H24ClNO6/c1-4-15-5-9-18(10-6-15)29-24(16-7-11-20(30)19(28)13-16)23(26(32)27(29)33)25(31)17-8-12-21(34-2)22(14-17)35-3/h5-14,24,30-31H,4H2,1-3H3/b25-23-. The second-order valence-electron chi connectivity index (χ2n) is 7.97. The molecule has 1 heterocycles. The number of amides is 1. The topological polar surface area (TPSA) is 96.3 Å². The van der Waals surface area contributed by atoms with Gasteiger partial charge in [0.25, 0.3) is 11.7 Å². The average molecular weight is 494 g/mol. The van der Waals surface area contributed by atoms with Gasteiger partial charge < -0.3 is 19.7 Å². The van der Waals surface area contributed by atoms with Gasteiger partial charge in [0.05, 0.1) is 30.9 Å². The summed E-state index contributed by atoms with van der Waals surface area (Å²) < 4.78 is 10.6. The molecule has 0 aromatic heterocycles. The normalized spacial score (nSPS) is 17.0. The first-order valence-corrected chi connectivity index (χ1v) is 11.3. The number of aliphatic hydroxyl groups excluding tert-OH is 1. The zero-order valence-electron chi connectivity index (χ0n) is 19.4. The van der Waals surface area contributed by atoms with Crippen LogP contribution in [0.4, 0.5) is 5.69 Å². The van der Waals surface area contributed by atoms with Crippen molar-refractivity contribution in [1.29, 1.82) is 0 Å². The monoisotopic (exact) mass is 493 g/mol. The molecule has 1 unspecified atom stereocenters. The molecule has 1 aliphatic rings. The molecule has 0 radical (unpaired) electrons. The van der Waals surface area contributed by atoms with E-state index in [1.165, 1.54) is 37.3 Å². The van der Waals surface area contributed by atoms with Gasteiger partial charge >= 0.3 is 0 Å². The van der Waals surface area contributed by atoms with Gasteiger partial charge in [-0.25, -0.2) is 0 Å². The molecule has 1 fully saturated rings. The molecule has 7 nitrogen and oxygen atoms in total. The number of benzene rings is 3. The minimum absolute atomic E-state index is 0.0561. The lowest BCUT2D eigenvalue weighted by Gasteiger charge is -2.26. The van der Waals surface area contributed by atoms with E-state index in [-0.39, 0.29) is 27.7 Å². The molecule has 4 rings (SSSR count). The molecule has 2 N–H and O–H groups in total. The number of phenols is 1. The molecule has 0 saturated carbocycles. The number of hydrogen-bond acceptors (Lipinski definition) is 6. The molecule has 3 aromatic carbocycles. The van der Waals surface area contributed by atoms with Crippen molar-refractivity contribution in [2.24, 2.45) is 0 Å². The summed E-state index contributed by atoms with van der Waals surface area (Å²) in [7, 11) is 2.94. The van der Waals surface area contributed by atoms with Crippen LogP contribution >= 0.6 is 11.6 Å². The quantitative estimate of drug-likeness (QED) is 0.276. The van der Waals surface area contributed by atoms with Crippen molar-refractivity contribution < 1.29 is 29.3 Å². The molecule has 3 aromatic rings. The number of carbonyl (C=O) groups excluding carboxylic acids is 2. The summed E-state index contributed by atoms with van der Waals surface area (Å²) in [5, 5.41) is 21.3. The number of aliphatic hydroxyl groups is 1. The zero-order valence-corrected chi connectivity index (χ0v) is 20.2. The zero-order chi connectivity index (χ0) is 25.3. The van der Waals surface area contributed by atoms with Crippen molar-refractivity contribution in [3.8, 4) is 17.2 Å². The number of anilines is 1. The highest BCUT2D eigenvalue weighted by molar-refractivity contribution is 6.51. The van der Waals surface area contributed by atoms with Crippen LogP contribution in [0, 0.1) is 0 Å². The van der Waals surface area contributed by atoms with Crippen LogP contribution in [0.2, 0.25) is 5.02 Å². The fraction of sp³-hybridized carbons (Fsp3) is 0.185. The first kappa shape index (κ1) is 24.2. The molecular weight excluding hydrogens is 470 g/mol. The number of carbonyl (C=O) groups is 2. The van der Waals surface area contributed by atoms with Gasteiger partial charge in [0.1, 0.15) is 11.5 Å². The minimum atomic E-state index is -0.978. The van der Waals surface area contributed by atoms with Crippen LogP contribution < -0.4 is 14.4 Å². The van der Waals surface area contributed by atoms with Gasteiger partial charge in [-0.3, -0.25) is 14.5 Å². The molecule has 0 spiro atoms. The Balaban J connectivity index is 1.94. The number of halogens is 1. The number of methoxy groups -OCH3 is 2. The molecule has 35 heavy (non-hydrogen) atoms. The van der Waals surface area contributed by atoms with E-state index in [1.807, 2.05) is 19.1 Å². The highest BCUT2D eigenvalue weighted by atomic mass is 35.5. The van der Waals surface area contributed by atoms with Crippen LogP contribution in [0.3, 0.4) is 0 Å². The highest BCUT2D eigenvalue weighted by Crippen LogP contribution is 2.44. The number of ether oxygens (including phenoxy) is 2. The Morgan fingerprint density at radius 3 is 2.26 bits per heavy atom. The number of ketones is 1.